The molecule has 0 amide bonds. The van der Waals surface area contributed by atoms with Gasteiger partial charge >= 0.3 is 0 Å². The van der Waals surface area contributed by atoms with Crippen LogP contribution in [0.1, 0.15) is 55.0 Å². The molecule has 0 bridgehead atoms. The normalized spacial score (nSPS) is 15.2. The molecule has 1 aromatic carbocycles. The smallest absolute Gasteiger partial charge is 0.0713 e. The predicted molar refractivity (Wildman–Crippen MR) is 85.2 cm³/mol. The molecule has 0 aliphatic heterocycles. The zero-order chi connectivity index (χ0) is 14.3. The van der Waals surface area contributed by atoms with E-state index in [0.29, 0.717) is 5.92 Å². The maximum absolute atomic E-state index is 4.87. The van der Waals surface area contributed by atoms with Gasteiger partial charge < -0.3 is 5.32 Å². The van der Waals surface area contributed by atoms with Crippen LogP contribution < -0.4 is 5.32 Å². The number of nitrogens with one attached hydrogen (secondary N) is 1. The summed E-state index contributed by atoms with van der Waals surface area (Å²) in [5.74, 6) is 0.472. The van der Waals surface area contributed by atoms with Crippen molar-refractivity contribution < 1.29 is 0 Å². The fraction of sp³-hybridized carbons (Fsp3) is 0.500. The van der Waals surface area contributed by atoms with Gasteiger partial charge in [-0.3, -0.25) is 4.98 Å². The molecule has 1 aromatic heterocycles. The lowest BCUT2D eigenvalue weighted by Crippen LogP contribution is -2.16. The molecular formula is C18H24N2. The van der Waals surface area contributed by atoms with Crippen LogP contribution >= 0.6 is 0 Å². The number of aryl methyl sites for hydroxylation is 2. The van der Waals surface area contributed by atoms with Crippen molar-refractivity contribution in [3.05, 3.63) is 40.6 Å². The molecule has 2 heteroatoms. The molecule has 1 fully saturated rings. The van der Waals surface area contributed by atoms with E-state index in [1.165, 1.54) is 40.6 Å². The fourth-order valence-corrected chi connectivity index (χ4v) is 2.85. The van der Waals surface area contributed by atoms with Gasteiger partial charge in [-0.25, -0.2) is 0 Å². The van der Waals surface area contributed by atoms with E-state index in [0.717, 1.165) is 18.1 Å². The van der Waals surface area contributed by atoms with E-state index in [9.17, 15) is 0 Å². The third-order valence-corrected chi connectivity index (χ3v) is 4.10. The number of aromatic nitrogens is 1. The second-order valence-electron chi connectivity index (χ2n) is 6.49. The highest BCUT2D eigenvalue weighted by molar-refractivity contribution is 5.86. The minimum atomic E-state index is 0.472. The summed E-state index contributed by atoms with van der Waals surface area (Å²) in [5.41, 5.74) is 6.40. The van der Waals surface area contributed by atoms with Crippen molar-refractivity contribution in [1.82, 2.24) is 10.3 Å². The second-order valence-corrected chi connectivity index (χ2v) is 6.49. The Morgan fingerprint density at radius 1 is 1.20 bits per heavy atom. The van der Waals surface area contributed by atoms with Gasteiger partial charge in [0.2, 0.25) is 0 Å². The first-order chi connectivity index (χ1) is 9.54. The molecule has 0 radical (unpaired) electrons. The summed E-state index contributed by atoms with van der Waals surface area (Å²) in [6.07, 6.45) is 2.66. The first kappa shape index (κ1) is 13.6. The van der Waals surface area contributed by atoms with Crippen molar-refractivity contribution in [1.29, 1.82) is 0 Å². The highest BCUT2D eigenvalue weighted by Gasteiger charge is 2.21. The Bertz CT molecular complexity index is 639. The lowest BCUT2D eigenvalue weighted by Gasteiger charge is -2.15. The van der Waals surface area contributed by atoms with Gasteiger partial charge in [-0.15, -0.1) is 0 Å². The molecule has 3 rings (SSSR count). The number of hydrogen-bond donors (Lipinski definition) is 1. The zero-order valence-corrected chi connectivity index (χ0v) is 13.0. The molecule has 0 unspecified atom stereocenters. The molecule has 0 atom stereocenters. The topological polar surface area (TPSA) is 24.9 Å². The Morgan fingerprint density at radius 3 is 2.60 bits per heavy atom. The van der Waals surface area contributed by atoms with Crippen molar-refractivity contribution in [3.8, 4) is 0 Å². The van der Waals surface area contributed by atoms with Gasteiger partial charge in [0, 0.05) is 23.7 Å². The Kier molecular flexibility index (Phi) is 3.51. The molecule has 1 N–H and O–H groups in total. The molecule has 20 heavy (non-hydrogen) atoms. The minimum absolute atomic E-state index is 0.472. The van der Waals surface area contributed by atoms with Crippen LogP contribution in [0.15, 0.2) is 18.2 Å². The van der Waals surface area contributed by atoms with E-state index >= 15 is 0 Å². The van der Waals surface area contributed by atoms with Gasteiger partial charge in [0.15, 0.2) is 0 Å². The van der Waals surface area contributed by atoms with E-state index < -0.39 is 0 Å². The number of fused-ring (bicyclic) bond motifs is 1. The van der Waals surface area contributed by atoms with E-state index in [4.69, 9.17) is 4.98 Å². The Hall–Kier alpha value is -1.41. The molecule has 2 aromatic rings. The van der Waals surface area contributed by atoms with E-state index in [1.807, 2.05) is 0 Å². The lowest BCUT2D eigenvalue weighted by molar-refractivity contribution is 0.688. The summed E-state index contributed by atoms with van der Waals surface area (Å²) >= 11 is 0. The summed E-state index contributed by atoms with van der Waals surface area (Å²) < 4.78 is 0. The lowest BCUT2D eigenvalue weighted by atomic mass is 9.98. The molecule has 1 heterocycles. The van der Waals surface area contributed by atoms with Gasteiger partial charge in [0.1, 0.15) is 0 Å². The number of hydrogen-bond acceptors (Lipinski definition) is 2. The predicted octanol–water partition coefficient (Wildman–Crippen LogP) is 4.23. The average Bonchev–Trinajstić information content (AvgIpc) is 3.18. The molecule has 1 aliphatic rings. The van der Waals surface area contributed by atoms with Crippen molar-refractivity contribution in [2.24, 2.45) is 0 Å². The number of rotatable bonds is 4. The van der Waals surface area contributed by atoms with Gasteiger partial charge in [-0.2, -0.15) is 0 Å². The van der Waals surface area contributed by atoms with Crippen molar-refractivity contribution in [2.75, 3.05) is 0 Å². The largest absolute Gasteiger partial charge is 0.310 e. The fourth-order valence-electron chi connectivity index (χ4n) is 2.85. The first-order valence-corrected chi connectivity index (χ1v) is 7.68. The van der Waals surface area contributed by atoms with Crippen molar-refractivity contribution in [2.45, 2.75) is 59.0 Å². The van der Waals surface area contributed by atoms with Gasteiger partial charge in [-0.05, 0) is 61.4 Å². The van der Waals surface area contributed by atoms with Crippen LogP contribution in [0.2, 0.25) is 0 Å². The Labute approximate surface area is 121 Å². The molecule has 1 saturated carbocycles. The number of pyridine rings is 1. The summed E-state index contributed by atoms with van der Waals surface area (Å²) in [6, 6.07) is 7.52. The number of benzene rings is 1. The molecule has 106 valence electrons. The Balaban J connectivity index is 2.11. The monoisotopic (exact) mass is 268 g/mol. The number of nitrogens with zero attached hydrogens (tertiary/aromatic N) is 1. The third kappa shape index (κ3) is 2.71. The van der Waals surface area contributed by atoms with Gasteiger partial charge in [0.25, 0.3) is 0 Å². The van der Waals surface area contributed by atoms with Crippen LogP contribution in [-0.4, -0.2) is 11.0 Å². The maximum Gasteiger partial charge on any atom is 0.0713 e. The maximum atomic E-state index is 4.87. The molecule has 0 spiro atoms. The molecular weight excluding hydrogens is 244 g/mol. The van der Waals surface area contributed by atoms with Crippen LogP contribution in [0.25, 0.3) is 10.9 Å². The molecule has 2 nitrogen and oxygen atoms in total. The van der Waals surface area contributed by atoms with Crippen molar-refractivity contribution in [3.63, 3.8) is 0 Å². The van der Waals surface area contributed by atoms with Gasteiger partial charge in [0.05, 0.1) is 5.52 Å². The summed E-state index contributed by atoms with van der Waals surface area (Å²) in [6.45, 7) is 9.75. The van der Waals surface area contributed by atoms with E-state index in [1.54, 1.807) is 0 Å². The zero-order valence-electron chi connectivity index (χ0n) is 13.0. The standard InChI is InChI=1S/C18H24N2/c1-11(2)16-9-14(10-19-15-5-6-15)18-13(4)7-12(3)8-17(18)20-16/h7-9,11,15,19H,5-6,10H2,1-4H3. The second kappa shape index (κ2) is 5.17. The van der Waals surface area contributed by atoms with Crippen LogP contribution in [0.3, 0.4) is 0 Å². The average molecular weight is 268 g/mol. The molecule has 0 saturated heterocycles. The summed E-state index contributed by atoms with van der Waals surface area (Å²) in [5, 5.41) is 4.99. The van der Waals surface area contributed by atoms with E-state index in [2.05, 4.69) is 51.2 Å². The van der Waals surface area contributed by atoms with Gasteiger partial charge in [-0.1, -0.05) is 19.9 Å². The minimum Gasteiger partial charge on any atom is -0.310 e. The summed E-state index contributed by atoms with van der Waals surface area (Å²) in [4.78, 5) is 4.87. The van der Waals surface area contributed by atoms with Crippen LogP contribution in [0.5, 0.6) is 0 Å². The highest BCUT2D eigenvalue weighted by Crippen LogP contribution is 2.27. The summed E-state index contributed by atoms with van der Waals surface area (Å²) in [7, 11) is 0. The quantitative estimate of drug-likeness (QED) is 0.897. The Morgan fingerprint density at radius 2 is 1.95 bits per heavy atom. The molecule has 1 aliphatic carbocycles. The highest BCUT2D eigenvalue weighted by atomic mass is 14.9. The van der Waals surface area contributed by atoms with Crippen molar-refractivity contribution >= 4 is 10.9 Å². The van der Waals surface area contributed by atoms with Crippen LogP contribution in [0, 0.1) is 13.8 Å². The van der Waals surface area contributed by atoms with Crippen LogP contribution in [-0.2, 0) is 6.54 Å². The first-order valence-electron chi connectivity index (χ1n) is 7.68. The SMILES string of the molecule is Cc1cc(C)c2c(CNC3CC3)cc(C(C)C)nc2c1. The van der Waals surface area contributed by atoms with E-state index in [-0.39, 0.29) is 0 Å². The third-order valence-electron chi connectivity index (χ3n) is 4.10. The van der Waals surface area contributed by atoms with Crippen LogP contribution in [0.4, 0.5) is 0 Å².